The number of rotatable bonds is 10. The Morgan fingerprint density at radius 2 is 1.57 bits per heavy atom. The Hall–Kier alpha value is -2.12. The van der Waals surface area contributed by atoms with Crippen molar-refractivity contribution < 1.29 is 33.8 Å². The zero-order valence-electron chi connectivity index (χ0n) is 14.0. The molecule has 0 aliphatic carbocycles. The zero-order chi connectivity index (χ0) is 18.0. The molecule has 0 spiro atoms. The first-order valence-corrected chi connectivity index (χ1v) is 7.57. The lowest BCUT2D eigenvalue weighted by Crippen LogP contribution is -2.50. The number of esters is 2. The number of aliphatic carboxylic acids is 1. The van der Waals surface area contributed by atoms with Crippen molar-refractivity contribution in [3.63, 3.8) is 0 Å². The van der Waals surface area contributed by atoms with Crippen molar-refractivity contribution in [3.8, 4) is 0 Å². The van der Waals surface area contributed by atoms with Crippen LogP contribution in [-0.2, 0) is 28.7 Å². The van der Waals surface area contributed by atoms with E-state index in [1.165, 1.54) is 0 Å². The first-order valence-electron chi connectivity index (χ1n) is 7.57. The molecule has 0 unspecified atom stereocenters. The molecule has 0 aromatic carbocycles. The van der Waals surface area contributed by atoms with Crippen molar-refractivity contribution in [1.29, 1.82) is 0 Å². The van der Waals surface area contributed by atoms with Crippen LogP contribution < -0.4 is 5.32 Å². The van der Waals surface area contributed by atoms with Crippen molar-refractivity contribution in [2.75, 3.05) is 13.2 Å². The number of hydrogen-bond donors (Lipinski definition) is 2. The average molecular weight is 331 g/mol. The fraction of sp³-hybridized carbons (Fsp3) is 0.733. The highest BCUT2D eigenvalue weighted by atomic mass is 16.5. The summed E-state index contributed by atoms with van der Waals surface area (Å²) in [5.41, 5.74) is 0. The molecule has 0 heterocycles. The van der Waals surface area contributed by atoms with Crippen LogP contribution in [0.1, 0.15) is 40.5 Å². The lowest BCUT2D eigenvalue weighted by molar-refractivity contribution is -0.160. The molecule has 0 bridgehead atoms. The monoisotopic (exact) mass is 331 g/mol. The van der Waals surface area contributed by atoms with Gasteiger partial charge in [0.1, 0.15) is 6.04 Å². The Morgan fingerprint density at radius 1 is 1.00 bits per heavy atom. The Balaban J connectivity index is 5.22. The van der Waals surface area contributed by atoms with Crippen molar-refractivity contribution >= 4 is 23.8 Å². The smallest absolute Gasteiger partial charge is 0.327 e. The van der Waals surface area contributed by atoms with E-state index in [0.29, 0.717) is 0 Å². The lowest BCUT2D eigenvalue weighted by Gasteiger charge is -2.23. The first-order chi connectivity index (χ1) is 10.7. The van der Waals surface area contributed by atoms with E-state index in [4.69, 9.17) is 9.47 Å². The summed E-state index contributed by atoms with van der Waals surface area (Å²) >= 11 is 0. The van der Waals surface area contributed by atoms with E-state index in [-0.39, 0.29) is 25.6 Å². The highest BCUT2D eigenvalue weighted by Gasteiger charge is 2.38. The van der Waals surface area contributed by atoms with Crippen LogP contribution in [0, 0.1) is 11.8 Å². The average Bonchev–Trinajstić information content (AvgIpc) is 2.42. The van der Waals surface area contributed by atoms with Crippen molar-refractivity contribution in [3.05, 3.63) is 0 Å². The van der Waals surface area contributed by atoms with E-state index in [1.807, 2.05) is 0 Å². The van der Waals surface area contributed by atoms with Crippen LogP contribution in [0.3, 0.4) is 0 Å². The lowest BCUT2D eigenvalue weighted by atomic mass is 9.95. The summed E-state index contributed by atoms with van der Waals surface area (Å²) in [5, 5.41) is 11.6. The summed E-state index contributed by atoms with van der Waals surface area (Å²) < 4.78 is 9.56. The van der Waals surface area contributed by atoms with Crippen LogP contribution in [0.4, 0.5) is 0 Å². The van der Waals surface area contributed by atoms with Gasteiger partial charge in [0, 0.05) is 6.42 Å². The van der Waals surface area contributed by atoms with Gasteiger partial charge in [-0.3, -0.25) is 14.4 Å². The van der Waals surface area contributed by atoms with Gasteiger partial charge in [-0.15, -0.1) is 0 Å². The van der Waals surface area contributed by atoms with Gasteiger partial charge in [-0.1, -0.05) is 13.8 Å². The maximum atomic E-state index is 12.0. The minimum Gasteiger partial charge on any atom is -0.480 e. The van der Waals surface area contributed by atoms with Crippen LogP contribution >= 0.6 is 0 Å². The quantitative estimate of drug-likeness (QED) is 0.566. The molecule has 0 rings (SSSR count). The zero-order valence-corrected chi connectivity index (χ0v) is 14.0. The highest BCUT2D eigenvalue weighted by molar-refractivity contribution is 5.90. The Bertz CT molecular complexity index is 434. The molecule has 0 saturated heterocycles. The number of amides is 1. The summed E-state index contributed by atoms with van der Waals surface area (Å²) in [5.74, 6) is -4.83. The predicted octanol–water partition coefficient (Wildman–Crippen LogP) is 0.734. The second-order valence-corrected chi connectivity index (χ2v) is 5.35. The van der Waals surface area contributed by atoms with E-state index < -0.39 is 42.2 Å². The van der Waals surface area contributed by atoms with Gasteiger partial charge in [-0.05, 0) is 19.8 Å². The Labute approximate surface area is 135 Å². The molecule has 0 fully saturated rings. The molecule has 0 saturated carbocycles. The van der Waals surface area contributed by atoms with Gasteiger partial charge in [0.2, 0.25) is 5.91 Å². The van der Waals surface area contributed by atoms with E-state index >= 15 is 0 Å². The normalized spacial score (nSPS) is 13.1. The molecule has 0 aliphatic heterocycles. The number of nitrogens with one attached hydrogen (secondary N) is 1. The second-order valence-electron chi connectivity index (χ2n) is 5.35. The molecule has 2 N–H and O–H groups in total. The predicted molar refractivity (Wildman–Crippen MR) is 80.4 cm³/mol. The topological polar surface area (TPSA) is 119 Å². The summed E-state index contributed by atoms with van der Waals surface area (Å²) in [4.78, 5) is 46.9. The van der Waals surface area contributed by atoms with Crippen LogP contribution in [-0.4, -0.2) is 48.2 Å². The van der Waals surface area contributed by atoms with Crippen molar-refractivity contribution in [2.45, 2.75) is 46.6 Å². The number of hydrogen-bond acceptors (Lipinski definition) is 6. The number of carboxylic acid groups (broad SMARTS) is 1. The van der Waals surface area contributed by atoms with Gasteiger partial charge in [-0.25, -0.2) is 4.79 Å². The summed E-state index contributed by atoms with van der Waals surface area (Å²) in [6.45, 7) is 6.90. The van der Waals surface area contributed by atoms with Gasteiger partial charge in [-0.2, -0.15) is 0 Å². The van der Waals surface area contributed by atoms with E-state index in [2.05, 4.69) is 5.32 Å². The van der Waals surface area contributed by atoms with Crippen LogP contribution in [0.25, 0.3) is 0 Å². The van der Waals surface area contributed by atoms with Crippen molar-refractivity contribution in [2.24, 2.45) is 11.8 Å². The highest BCUT2D eigenvalue weighted by Crippen LogP contribution is 2.15. The molecule has 23 heavy (non-hydrogen) atoms. The largest absolute Gasteiger partial charge is 0.480 e. The number of carboxylic acids is 1. The van der Waals surface area contributed by atoms with Gasteiger partial charge in [0.15, 0.2) is 0 Å². The molecule has 0 aromatic rings. The molecule has 0 aliphatic rings. The Morgan fingerprint density at radius 3 is 2.00 bits per heavy atom. The third kappa shape index (κ3) is 8.18. The fourth-order valence-corrected chi connectivity index (χ4v) is 1.92. The number of ether oxygens (including phenoxy) is 2. The van der Waals surface area contributed by atoms with Gasteiger partial charge in [0.25, 0.3) is 0 Å². The molecule has 132 valence electrons. The Kier molecular flexibility index (Phi) is 9.60. The molecule has 8 nitrogen and oxygen atoms in total. The van der Waals surface area contributed by atoms with Gasteiger partial charge < -0.3 is 19.9 Å². The summed E-state index contributed by atoms with van der Waals surface area (Å²) in [6.07, 6.45) is -0.371. The van der Waals surface area contributed by atoms with Crippen molar-refractivity contribution in [1.82, 2.24) is 5.32 Å². The first kappa shape index (κ1) is 20.9. The van der Waals surface area contributed by atoms with Crippen LogP contribution in [0.15, 0.2) is 0 Å². The van der Waals surface area contributed by atoms with E-state index in [1.54, 1.807) is 27.7 Å². The van der Waals surface area contributed by atoms with Crippen LogP contribution in [0.2, 0.25) is 0 Å². The molecule has 8 heteroatoms. The van der Waals surface area contributed by atoms with Crippen LogP contribution in [0.5, 0.6) is 0 Å². The third-order valence-electron chi connectivity index (χ3n) is 2.86. The van der Waals surface area contributed by atoms with E-state index in [0.717, 1.165) is 0 Å². The molecule has 0 radical (unpaired) electrons. The molecule has 0 aromatic heterocycles. The molecular weight excluding hydrogens is 306 g/mol. The summed E-state index contributed by atoms with van der Waals surface area (Å²) in [7, 11) is 0. The molecule has 2 atom stereocenters. The minimum atomic E-state index is -1.55. The second kappa shape index (κ2) is 10.6. The third-order valence-corrected chi connectivity index (χ3v) is 2.86. The minimum absolute atomic E-state index is 0.0237. The standard InChI is InChI=1S/C15H25NO7/c1-5-22-12(18)8-10(15(21)23-6-2)13(14(19)20)16-11(17)7-9(3)4/h9-10,13H,5-8H2,1-4H3,(H,16,17)(H,19,20)/t10-,13-/m0/s1. The maximum absolute atomic E-state index is 12.0. The summed E-state index contributed by atoms with van der Waals surface area (Å²) in [6, 6.07) is -1.55. The maximum Gasteiger partial charge on any atom is 0.327 e. The number of carbonyl (C=O) groups excluding carboxylic acids is 3. The molecule has 1 amide bonds. The number of carbonyl (C=O) groups is 4. The molecular formula is C15H25NO7. The fourth-order valence-electron chi connectivity index (χ4n) is 1.92. The van der Waals surface area contributed by atoms with Gasteiger partial charge >= 0.3 is 17.9 Å². The van der Waals surface area contributed by atoms with E-state index in [9.17, 15) is 24.3 Å². The van der Waals surface area contributed by atoms with Gasteiger partial charge in [0.05, 0.1) is 25.6 Å². The SMILES string of the molecule is CCOC(=O)C[C@H](C(=O)OCC)[C@H](NC(=O)CC(C)C)C(=O)O.